The lowest BCUT2D eigenvalue weighted by atomic mass is 10.0. The fraction of sp³-hybridized carbons (Fsp3) is 0.778. The summed E-state index contributed by atoms with van der Waals surface area (Å²) in [6, 6.07) is 0. The maximum absolute atomic E-state index is 11.0. The van der Waals surface area contributed by atoms with Gasteiger partial charge in [-0.25, -0.2) is 4.99 Å². The Bertz CT molecular complexity index is 232. The summed E-state index contributed by atoms with van der Waals surface area (Å²) in [6.45, 7) is 0.614. The van der Waals surface area contributed by atoms with E-state index in [1.165, 1.54) is 20.0 Å². The molecule has 0 aromatic heterocycles. The molecule has 4 heteroatoms. The molecule has 72 valence electrons. The van der Waals surface area contributed by atoms with Crippen LogP contribution in [0.4, 0.5) is 0 Å². The third-order valence-corrected chi connectivity index (χ3v) is 2.46. The van der Waals surface area contributed by atoms with Crippen LogP contribution in [0.3, 0.4) is 0 Å². The van der Waals surface area contributed by atoms with Gasteiger partial charge in [-0.2, -0.15) is 0 Å². The van der Waals surface area contributed by atoms with Gasteiger partial charge in [0.15, 0.2) is 0 Å². The first-order chi connectivity index (χ1) is 6.27. The first-order valence-corrected chi connectivity index (χ1v) is 4.79. The quantitative estimate of drug-likeness (QED) is 0.384. The lowest BCUT2D eigenvalue weighted by molar-refractivity contribution is -0.141. The SMILES string of the molecule is COC(=O)CC(CN=C=S)C1CC1. The predicted octanol–water partition coefficient (Wildman–Crippen LogP) is 1.68. The molecule has 0 radical (unpaired) electrons. The highest BCUT2D eigenvalue weighted by Gasteiger charge is 2.32. The van der Waals surface area contributed by atoms with E-state index in [-0.39, 0.29) is 5.97 Å². The largest absolute Gasteiger partial charge is 0.469 e. The van der Waals surface area contributed by atoms with Gasteiger partial charge in [0.2, 0.25) is 0 Å². The van der Waals surface area contributed by atoms with Crippen molar-refractivity contribution in [3.8, 4) is 0 Å². The Balaban J connectivity index is 2.37. The molecule has 3 nitrogen and oxygen atoms in total. The van der Waals surface area contributed by atoms with E-state index >= 15 is 0 Å². The van der Waals surface area contributed by atoms with Crippen LogP contribution in [0, 0.1) is 11.8 Å². The Morgan fingerprint density at radius 1 is 1.77 bits per heavy atom. The lowest BCUT2D eigenvalue weighted by Gasteiger charge is -2.10. The molecule has 0 heterocycles. The molecule has 1 atom stereocenters. The second kappa shape index (κ2) is 5.10. The van der Waals surface area contributed by atoms with Crippen LogP contribution in [-0.2, 0) is 9.53 Å². The minimum atomic E-state index is -0.156. The van der Waals surface area contributed by atoms with E-state index in [0.29, 0.717) is 24.8 Å². The number of esters is 1. The van der Waals surface area contributed by atoms with Crippen LogP contribution in [0.15, 0.2) is 4.99 Å². The van der Waals surface area contributed by atoms with Gasteiger partial charge in [0.25, 0.3) is 0 Å². The minimum Gasteiger partial charge on any atom is -0.469 e. The Hall–Kier alpha value is -0.730. The third-order valence-electron chi connectivity index (χ3n) is 2.34. The average molecular weight is 199 g/mol. The van der Waals surface area contributed by atoms with Crippen LogP contribution in [0.1, 0.15) is 19.3 Å². The van der Waals surface area contributed by atoms with Gasteiger partial charge in [-0.05, 0) is 36.9 Å². The molecule has 0 amide bonds. The van der Waals surface area contributed by atoms with Gasteiger partial charge >= 0.3 is 5.97 Å². The maximum atomic E-state index is 11.0. The fourth-order valence-electron chi connectivity index (χ4n) is 1.40. The van der Waals surface area contributed by atoms with Gasteiger partial charge in [0, 0.05) is 0 Å². The van der Waals surface area contributed by atoms with E-state index in [2.05, 4.69) is 27.1 Å². The van der Waals surface area contributed by atoms with Gasteiger partial charge in [0.05, 0.1) is 25.2 Å². The van der Waals surface area contributed by atoms with E-state index in [1.54, 1.807) is 0 Å². The van der Waals surface area contributed by atoms with Gasteiger partial charge in [-0.15, -0.1) is 0 Å². The number of carbonyl (C=O) groups excluding carboxylic acids is 1. The molecule has 1 fully saturated rings. The van der Waals surface area contributed by atoms with Crippen LogP contribution in [-0.4, -0.2) is 24.8 Å². The first kappa shape index (κ1) is 10.4. The molecule has 0 saturated heterocycles. The smallest absolute Gasteiger partial charge is 0.305 e. The molecule has 0 aromatic carbocycles. The van der Waals surface area contributed by atoms with Crippen LogP contribution < -0.4 is 0 Å². The van der Waals surface area contributed by atoms with Crippen molar-refractivity contribution >= 4 is 23.3 Å². The van der Waals surface area contributed by atoms with Crippen molar-refractivity contribution in [3.05, 3.63) is 0 Å². The molecule has 0 N–H and O–H groups in total. The molecule has 1 unspecified atom stereocenters. The van der Waals surface area contributed by atoms with Gasteiger partial charge in [-0.1, -0.05) is 0 Å². The number of carbonyl (C=O) groups is 1. The van der Waals surface area contributed by atoms with Gasteiger partial charge in [-0.3, -0.25) is 4.79 Å². The van der Waals surface area contributed by atoms with Crippen LogP contribution in [0.25, 0.3) is 0 Å². The van der Waals surface area contributed by atoms with Crippen molar-refractivity contribution in [1.29, 1.82) is 0 Å². The molecule has 13 heavy (non-hydrogen) atoms. The number of isothiocyanates is 1. The van der Waals surface area contributed by atoms with Crippen LogP contribution in [0.5, 0.6) is 0 Å². The molecule has 1 aliphatic rings. The summed E-state index contributed by atoms with van der Waals surface area (Å²) in [5.41, 5.74) is 0. The van der Waals surface area contributed by atoms with E-state index in [4.69, 9.17) is 0 Å². The summed E-state index contributed by atoms with van der Waals surface area (Å²) in [7, 11) is 1.41. The molecule has 1 rings (SSSR count). The van der Waals surface area contributed by atoms with Crippen LogP contribution >= 0.6 is 12.2 Å². The first-order valence-electron chi connectivity index (χ1n) is 4.38. The molecule has 1 saturated carbocycles. The molecule has 1 aliphatic carbocycles. The number of methoxy groups -OCH3 is 1. The Morgan fingerprint density at radius 3 is 2.92 bits per heavy atom. The van der Waals surface area contributed by atoms with Gasteiger partial charge in [0.1, 0.15) is 0 Å². The summed E-state index contributed by atoms with van der Waals surface area (Å²) in [6.07, 6.45) is 2.87. The maximum Gasteiger partial charge on any atom is 0.305 e. The number of thiocarbonyl (C=S) groups is 1. The second-order valence-electron chi connectivity index (χ2n) is 3.31. The summed E-state index contributed by atoms with van der Waals surface area (Å²) in [5, 5.41) is 2.33. The Morgan fingerprint density at radius 2 is 2.46 bits per heavy atom. The zero-order valence-corrected chi connectivity index (χ0v) is 8.47. The van der Waals surface area contributed by atoms with E-state index < -0.39 is 0 Å². The second-order valence-corrected chi connectivity index (χ2v) is 3.49. The fourth-order valence-corrected chi connectivity index (χ4v) is 1.47. The molecular weight excluding hydrogens is 186 g/mol. The van der Waals surface area contributed by atoms with E-state index in [1.807, 2.05) is 0 Å². The number of aliphatic imine (C=N–C) groups is 1. The normalized spacial score (nSPS) is 17.3. The summed E-state index contributed by atoms with van der Waals surface area (Å²) >= 11 is 4.49. The van der Waals surface area contributed by atoms with Crippen molar-refractivity contribution in [2.24, 2.45) is 16.8 Å². The summed E-state index contributed by atoms with van der Waals surface area (Å²) < 4.78 is 4.61. The molecule has 0 aliphatic heterocycles. The molecule has 0 bridgehead atoms. The highest BCUT2D eigenvalue weighted by molar-refractivity contribution is 7.78. The number of rotatable bonds is 5. The Labute approximate surface area is 83.2 Å². The van der Waals surface area contributed by atoms with Crippen molar-refractivity contribution in [3.63, 3.8) is 0 Å². The van der Waals surface area contributed by atoms with Gasteiger partial charge < -0.3 is 4.74 Å². The van der Waals surface area contributed by atoms with Crippen molar-refractivity contribution in [1.82, 2.24) is 0 Å². The van der Waals surface area contributed by atoms with Crippen molar-refractivity contribution < 1.29 is 9.53 Å². The van der Waals surface area contributed by atoms with E-state index in [0.717, 1.165) is 0 Å². The Kier molecular flexibility index (Phi) is 4.06. The summed E-state index contributed by atoms with van der Waals surface area (Å²) in [4.78, 5) is 14.9. The topological polar surface area (TPSA) is 38.7 Å². The molecular formula is C9H13NO2S. The minimum absolute atomic E-state index is 0.156. The predicted molar refractivity (Wildman–Crippen MR) is 52.7 cm³/mol. The lowest BCUT2D eigenvalue weighted by Crippen LogP contribution is -2.14. The zero-order valence-electron chi connectivity index (χ0n) is 7.66. The van der Waals surface area contributed by atoms with E-state index in [9.17, 15) is 4.79 Å². The monoisotopic (exact) mass is 199 g/mol. The highest BCUT2D eigenvalue weighted by Crippen LogP contribution is 2.38. The van der Waals surface area contributed by atoms with Crippen LogP contribution in [0.2, 0.25) is 0 Å². The number of ether oxygens (including phenoxy) is 1. The summed E-state index contributed by atoms with van der Waals surface area (Å²) in [5.74, 6) is 0.797. The number of nitrogens with zero attached hydrogens (tertiary/aromatic N) is 1. The third kappa shape index (κ3) is 3.66. The van der Waals surface area contributed by atoms with Crippen molar-refractivity contribution in [2.75, 3.05) is 13.7 Å². The zero-order chi connectivity index (χ0) is 9.68. The van der Waals surface area contributed by atoms with Crippen molar-refractivity contribution in [2.45, 2.75) is 19.3 Å². The molecule has 0 aromatic rings. The molecule has 0 spiro atoms. The standard InChI is InChI=1S/C9H13NO2S/c1-12-9(11)4-8(5-10-6-13)7-2-3-7/h7-8H,2-5H2,1H3. The highest BCUT2D eigenvalue weighted by atomic mass is 32.1. The number of hydrogen-bond acceptors (Lipinski definition) is 4. The average Bonchev–Trinajstić information content (AvgIpc) is 2.94. The number of hydrogen-bond donors (Lipinski definition) is 0.